The van der Waals surface area contributed by atoms with Crippen molar-refractivity contribution in [1.82, 2.24) is 10.2 Å². The number of rotatable bonds is 5. The van der Waals surface area contributed by atoms with Crippen LogP contribution in [0.3, 0.4) is 0 Å². The summed E-state index contributed by atoms with van der Waals surface area (Å²) in [6, 6.07) is 3.67. The van der Waals surface area contributed by atoms with Crippen LogP contribution in [0.4, 0.5) is 15.9 Å². The zero-order chi connectivity index (χ0) is 15.6. The summed E-state index contributed by atoms with van der Waals surface area (Å²) >= 11 is 2.94. The number of nitrogens with zero attached hydrogens (tertiary/aromatic N) is 1. The van der Waals surface area contributed by atoms with Crippen molar-refractivity contribution in [3.63, 3.8) is 0 Å². The third kappa shape index (κ3) is 3.53. The molecule has 0 aliphatic carbocycles. The van der Waals surface area contributed by atoms with E-state index in [1.54, 1.807) is 6.07 Å². The van der Waals surface area contributed by atoms with Crippen molar-refractivity contribution in [2.45, 2.75) is 24.7 Å². The highest BCUT2D eigenvalue weighted by atomic mass is 79.9. The number of halogens is 2. The number of benzene rings is 1. The van der Waals surface area contributed by atoms with Crippen molar-refractivity contribution in [3.8, 4) is 0 Å². The summed E-state index contributed by atoms with van der Waals surface area (Å²) in [4.78, 5) is -0.212. The Balaban J connectivity index is 2.31. The van der Waals surface area contributed by atoms with E-state index in [4.69, 9.17) is 5.73 Å². The van der Waals surface area contributed by atoms with E-state index in [0.717, 1.165) is 30.7 Å². The van der Waals surface area contributed by atoms with E-state index in [9.17, 15) is 12.8 Å². The SMILES string of the molecule is CCCc1cc(NS(=O)(=O)c2cc(Br)c(F)cc2N)n[nH]1. The van der Waals surface area contributed by atoms with Gasteiger partial charge in [-0.3, -0.25) is 9.82 Å². The number of aromatic nitrogens is 2. The maximum absolute atomic E-state index is 13.3. The second-order valence-corrected chi connectivity index (χ2v) is 6.94. The van der Waals surface area contributed by atoms with Gasteiger partial charge in [-0.2, -0.15) is 5.10 Å². The Labute approximate surface area is 130 Å². The van der Waals surface area contributed by atoms with E-state index in [-0.39, 0.29) is 20.9 Å². The highest BCUT2D eigenvalue weighted by Gasteiger charge is 2.21. The molecule has 4 N–H and O–H groups in total. The predicted octanol–water partition coefficient (Wildman–Crippen LogP) is 2.65. The van der Waals surface area contributed by atoms with Crippen LogP contribution < -0.4 is 10.5 Å². The van der Waals surface area contributed by atoms with Crippen molar-refractivity contribution in [3.05, 3.63) is 34.2 Å². The van der Waals surface area contributed by atoms with E-state index in [2.05, 4.69) is 30.8 Å². The van der Waals surface area contributed by atoms with Crippen LogP contribution in [-0.2, 0) is 16.4 Å². The molecule has 0 amide bonds. The Morgan fingerprint density at radius 2 is 2.14 bits per heavy atom. The van der Waals surface area contributed by atoms with Gasteiger partial charge >= 0.3 is 0 Å². The first-order valence-corrected chi connectivity index (χ1v) is 8.42. The predicted molar refractivity (Wildman–Crippen MR) is 81.9 cm³/mol. The molecule has 0 aliphatic heterocycles. The van der Waals surface area contributed by atoms with Gasteiger partial charge in [-0.25, -0.2) is 12.8 Å². The number of nitrogen functional groups attached to an aromatic ring is 1. The molecule has 0 saturated carbocycles. The maximum Gasteiger partial charge on any atom is 0.265 e. The molecule has 0 unspecified atom stereocenters. The topological polar surface area (TPSA) is 101 Å². The monoisotopic (exact) mass is 376 g/mol. The molecule has 0 radical (unpaired) electrons. The Bertz CT molecular complexity index is 761. The maximum atomic E-state index is 13.3. The minimum Gasteiger partial charge on any atom is -0.398 e. The first-order chi connectivity index (χ1) is 9.83. The number of hydrogen-bond acceptors (Lipinski definition) is 4. The highest BCUT2D eigenvalue weighted by Crippen LogP contribution is 2.27. The summed E-state index contributed by atoms with van der Waals surface area (Å²) in [5, 5.41) is 6.61. The van der Waals surface area contributed by atoms with E-state index in [1.165, 1.54) is 0 Å². The summed E-state index contributed by atoms with van der Waals surface area (Å²) in [5.74, 6) is -0.463. The summed E-state index contributed by atoms with van der Waals surface area (Å²) in [7, 11) is -3.94. The van der Waals surface area contributed by atoms with Gasteiger partial charge in [0.1, 0.15) is 10.7 Å². The molecule has 0 atom stereocenters. The van der Waals surface area contributed by atoms with Gasteiger partial charge in [0.2, 0.25) is 0 Å². The normalized spacial score (nSPS) is 11.6. The Kier molecular flexibility index (Phi) is 4.52. The van der Waals surface area contributed by atoms with E-state index in [0.29, 0.717) is 0 Å². The van der Waals surface area contributed by atoms with Gasteiger partial charge in [0.25, 0.3) is 10.0 Å². The third-order valence-corrected chi connectivity index (χ3v) is 4.75. The number of sulfonamides is 1. The molecule has 0 bridgehead atoms. The Morgan fingerprint density at radius 3 is 2.81 bits per heavy atom. The van der Waals surface area contributed by atoms with Crippen molar-refractivity contribution in [2.24, 2.45) is 0 Å². The fraction of sp³-hybridized carbons (Fsp3) is 0.250. The molecule has 1 aromatic carbocycles. The molecule has 0 spiro atoms. The smallest absolute Gasteiger partial charge is 0.265 e. The highest BCUT2D eigenvalue weighted by molar-refractivity contribution is 9.10. The van der Waals surface area contributed by atoms with Crippen LogP contribution in [0.2, 0.25) is 0 Å². The standard InChI is InChI=1S/C12H14BrFN4O2S/c1-2-3-7-4-12(17-16-7)18-21(19,20)11-5-8(13)9(14)6-10(11)15/h4-6H,2-3,15H2,1H3,(H2,16,17,18). The lowest BCUT2D eigenvalue weighted by atomic mass is 10.2. The number of nitrogens with two attached hydrogens (primary N) is 1. The number of aryl methyl sites for hydroxylation is 1. The van der Waals surface area contributed by atoms with Gasteiger partial charge in [-0.1, -0.05) is 13.3 Å². The van der Waals surface area contributed by atoms with E-state index >= 15 is 0 Å². The van der Waals surface area contributed by atoms with Gasteiger partial charge in [-0.05, 0) is 34.5 Å². The molecular formula is C12H14BrFN4O2S. The van der Waals surface area contributed by atoms with Crippen LogP contribution in [0.25, 0.3) is 0 Å². The Morgan fingerprint density at radius 1 is 1.43 bits per heavy atom. The molecule has 0 fully saturated rings. The fourth-order valence-electron chi connectivity index (χ4n) is 1.78. The quantitative estimate of drug-likeness (QED) is 0.698. The molecule has 9 heteroatoms. The molecule has 114 valence electrons. The van der Waals surface area contributed by atoms with Gasteiger partial charge in [0.15, 0.2) is 5.82 Å². The van der Waals surface area contributed by atoms with Gasteiger partial charge < -0.3 is 5.73 Å². The number of nitrogens with one attached hydrogen (secondary N) is 2. The third-order valence-electron chi connectivity index (χ3n) is 2.73. The zero-order valence-corrected chi connectivity index (χ0v) is 13.6. The molecule has 2 rings (SSSR count). The second kappa shape index (κ2) is 6.02. The van der Waals surface area contributed by atoms with Crippen LogP contribution in [-0.4, -0.2) is 18.6 Å². The summed E-state index contributed by atoms with van der Waals surface area (Å²) < 4.78 is 40.2. The molecule has 0 saturated heterocycles. The lowest BCUT2D eigenvalue weighted by Crippen LogP contribution is -2.15. The van der Waals surface area contributed by atoms with Crippen molar-refractivity contribution >= 4 is 37.5 Å². The van der Waals surface area contributed by atoms with Gasteiger partial charge in [0.05, 0.1) is 10.2 Å². The minimum absolute atomic E-state index is 0.0192. The van der Waals surface area contributed by atoms with Gasteiger partial charge in [0, 0.05) is 11.8 Å². The molecule has 1 aromatic heterocycles. The number of H-pyrrole nitrogens is 1. The summed E-state index contributed by atoms with van der Waals surface area (Å²) in [6.45, 7) is 2.00. The molecule has 6 nitrogen and oxygen atoms in total. The van der Waals surface area contributed by atoms with E-state index in [1.807, 2.05) is 6.92 Å². The summed E-state index contributed by atoms with van der Waals surface area (Å²) in [5.41, 5.74) is 6.22. The van der Waals surface area contributed by atoms with E-state index < -0.39 is 15.8 Å². The lowest BCUT2D eigenvalue weighted by Gasteiger charge is -2.09. The van der Waals surface area contributed by atoms with Crippen LogP contribution in [0, 0.1) is 5.82 Å². The average Bonchev–Trinajstić information content (AvgIpc) is 2.80. The van der Waals surface area contributed by atoms with Gasteiger partial charge in [-0.15, -0.1) is 0 Å². The molecule has 0 aliphatic rings. The van der Waals surface area contributed by atoms with Crippen molar-refractivity contribution in [2.75, 3.05) is 10.5 Å². The molecule has 2 aromatic rings. The molecule has 21 heavy (non-hydrogen) atoms. The van der Waals surface area contributed by atoms with Crippen LogP contribution in [0.15, 0.2) is 27.6 Å². The first-order valence-electron chi connectivity index (χ1n) is 6.15. The minimum atomic E-state index is -3.94. The van der Waals surface area contributed by atoms with Crippen molar-refractivity contribution < 1.29 is 12.8 Å². The average molecular weight is 377 g/mol. The largest absolute Gasteiger partial charge is 0.398 e. The lowest BCUT2D eigenvalue weighted by molar-refractivity contribution is 0.599. The van der Waals surface area contributed by atoms with Crippen LogP contribution >= 0.6 is 15.9 Å². The molecule has 1 heterocycles. The number of anilines is 2. The molecular weight excluding hydrogens is 363 g/mol. The number of aromatic amines is 1. The van der Waals surface area contributed by atoms with Crippen LogP contribution in [0.5, 0.6) is 0 Å². The van der Waals surface area contributed by atoms with Crippen LogP contribution in [0.1, 0.15) is 19.0 Å². The zero-order valence-electron chi connectivity index (χ0n) is 11.2. The first kappa shape index (κ1) is 15.8. The van der Waals surface area contributed by atoms with Crippen molar-refractivity contribution in [1.29, 1.82) is 0 Å². The number of hydrogen-bond donors (Lipinski definition) is 3. The second-order valence-electron chi connectivity index (χ2n) is 4.44. The Hall–Kier alpha value is -1.61. The fourth-order valence-corrected chi connectivity index (χ4v) is 3.41. The summed E-state index contributed by atoms with van der Waals surface area (Å²) in [6.07, 6.45) is 1.67.